The molecule has 0 saturated carbocycles. The number of rotatable bonds is 7. The van der Waals surface area contributed by atoms with Gasteiger partial charge in [0.1, 0.15) is 24.2 Å². The Morgan fingerprint density at radius 2 is 1.97 bits per heavy atom. The van der Waals surface area contributed by atoms with Crippen molar-refractivity contribution in [1.82, 2.24) is 24.5 Å². The van der Waals surface area contributed by atoms with Crippen LogP contribution in [-0.2, 0) is 6.54 Å². The van der Waals surface area contributed by atoms with Gasteiger partial charge in [-0.1, -0.05) is 6.07 Å². The maximum atomic E-state index is 9.59. The van der Waals surface area contributed by atoms with Crippen molar-refractivity contribution in [3.05, 3.63) is 72.4 Å². The van der Waals surface area contributed by atoms with E-state index >= 15 is 0 Å². The van der Waals surface area contributed by atoms with Gasteiger partial charge < -0.3 is 14.7 Å². The van der Waals surface area contributed by atoms with Crippen LogP contribution in [0.4, 0.5) is 5.82 Å². The third kappa shape index (κ3) is 5.09. The number of nitriles is 1. The van der Waals surface area contributed by atoms with E-state index in [0.717, 1.165) is 55.4 Å². The first-order valence-electron chi connectivity index (χ1n) is 11.7. The quantitative estimate of drug-likeness (QED) is 0.441. The molecule has 9 nitrogen and oxygen atoms in total. The predicted octanol–water partition coefficient (Wildman–Crippen LogP) is 2.74. The lowest BCUT2D eigenvalue weighted by atomic mass is 10.1. The second-order valence-electron chi connectivity index (χ2n) is 8.70. The van der Waals surface area contributed by atoms with E-state index in [4.69, 9.17) is 9.72 Å². The fourth-order valence-corrected chi connectivity index (χ4v) is 4.28. The van der Waals surface area contributed by atoms with Crippen molar-refractivity contribution in [2.75, 3.05) is 37.7 Å². The lowest BCUT2D eigenvalue weighted by molar-refractivity contribution is 0.122. The third-order valence-electron chi connectivity index (χ3n) is 6.07. The van der Waals surface area contributed by atoms with Gasteiger partial charge >= 0.3 is 0 Å². The molecule has 1 aliphatic rings. The summed E-state index contributed by atoms with van der Waals surface area (Å²) in [5.41, 5.74) is 3.95. The molecule has 0 radical (unpaired) electrons. The van der Waals surface area contributed by atoms with Gasteiger partial charge in [-0.05, 0) is 37.3 Å². The van der Waals surface area contributed by atoms with Gasteiger partial charge in [0.05, 0.1) is 35.3 Å². The number of pyridine rings is 3. The van der Waals surface area contributed by atoms with Crippen LogP contribution in [0.25, 0.3) is 16.6 Å². The summed E-state index contributed by atoms with van der Waals surface area (Å²) in [5.74, 6) is 1.49. The zero-order chi connectivity index (χ0) is 24.2. The molecule has 4 aromatic heterocycles. The van der Waals surface area contributed by atoms with Gasteiger partial charge in [-0.25, -0.2) is 9.50 Å². The van der Waals surface area contributed by atoms with Crippen LogP contribution in [-0.4, -0.2) is 68.5 Å². The Hall–Kier alpha value is -4.00. The molecular formula is C26H27N7O2. The SMILES string of the molecule is CC(O)COc1cc(-c2ccc(N3CCN(Cc4ccccn4)CC3)nc2)c2c(C#N)cnn2c1. The number of hydrogen-bond acceptors (Lipinski definition) is 8. The molecule has 0 amide bonds. The smallest absolute Gasteiger partial charge is 0.138 e. The number of anilines is 1. The van der Waals surface area contributed by atoms with E-state index in [1.165, 1.54) is 0 Å². The lowest BCUT2D eigenvalue weighted by Gasteiger charge is -2.35. The number of ether oxygens (including phenoxy) is 1. The van der Waals surface area contributed by atoms with Crippen LogP contribution >= 0.6 is 0 Å². The van der Waals surface area contributed by atoms with Gasteiger partial charge in [0.2, 0.25) is 0 Å². The fraction of sp³-hybridized carbons (Fsp3) is 0.308. The van der Waals surface area contributed by atoms with E-state index in [1.54, 1.807) is 23.8 Å². The average Bonchev–Trinajstić information content (AvgIpc) is 3.31. The molecule has 1 aliphatic heterocycles. The Labute approximate surface area is 203 Å². The van der Waals surface area contributed by atoms with Crippen molar-refractivity contribution in [1.29, 1.82) is 5.26 Å². The Kier molecular flexibility index (Phi) is 6.57. The first-order chi connectivity index (χ1) is 17.1. The zero-order valence-electron chi connectivity index (χ0n) is 19.6. The minimum absolute atomic E-state index is 0.167. The molecule has 0 spiro atoms. The Bertz CT molecular complexity index is 1320. The molecule has 1 saturated heterocycles. The van der Waals surface area contributed by atoms with Gasteiger partial charge in [-0.15, -0.1) is 0 Å². The molecule has 178 valence electrons. The maximum Gasteiger partial charge on any atom is 0.138 e. The molecule has 35 heavy (non-hydrogen) atoms. The fourth-order valence-electron chi connectivity index (χ4n) is 4.28. The molecule has 1 atom stereocenters. The van der Waals surface area contributed by atoms with Crippen molar-refractivity contribution in [2.45, 2.75) is 19.6 Å². The van der Waals surface area contributed by atoms with E-state index < -0.39 is 6.10 Å². The second kappa shape index (κ2) is 10.1. The maximum absolute atomic E-state index is 9.59. The van der Waals surface area contributed by atoms with E-state index in [-0.39, 0.29) is 6.61 Å². The minimum atomic E-state index is -0.591. The Balaban J connectivity index is 1.33. The summed E-state index contributed by atoms with van der Waals surface area (Å²) in [6, 6.07) is 14.1. The van der Waals surface area contributed by atoms with E-state index in [1.807, 2.05) is 42.7 Å². The van der Waals surface area contributed by atoms with E-state index in [2.05, 4.69) is 32.0 Å². The number of aliphatic hydroxyl groups excluding tert-OH is 1. The van der Waals surface area contributed by atoms with Crippen LogP contribution in [0.15, 0.2) is 61.2 Å². The average molecular weight is 470 g/mol. The molecule has 0 aromatic carbocycles. The van der Waals surface area contributed by atoms with Gasteiger partial charge in [0, 0.05) is 56.2 Å². The van der Waals surface area contributed by atoms with Crippen molar-refractivity contribution in [3.63, 3.8) is 0 Å². The van der Waals surface area contributed by atoms with Crippen LogP contribution in [0.1, 0.15) is 18.2 Å². The van der Waals surface area contributed by atoms with Gasteiger partial charge in [0.15, 0.2) is 0 Å². The summed E-state index contributed by atoms with van der Waals surface area (Å²) in [7, 11) is 0. The molecule has 9 heteroatoms. The highest BCUT2D eigenvalue weighted by Gasteiger charge is 2.19. The summed E-state index contributed by atoms with van der Waals surface area (Å²) >= 11 is 0. The van der Waals surface area contributed by atoms with Crippen molar-refractivity contribution < 1.29 is 9.84 Å². The third-order valence-corrected chi connectivity index (χ3v) is 6.07. The molecule has 1 unspecified atom stereocenters. The number of piperazine rings is 1. The normalized spacial score (nSPS) is 15.2. The first-order valence-corrected chi connectivity index (χ1v) is 11.7. The van der Waals surface area contributed by atoms with Gasteiger partial charge in [-0.2, -0.15) is 10.4 Å². The van der Waals surface area contributed by atoms with E-state index in [9.17, 15) is 10.4 Å². The molecule has 4 aromatic rings. The zero-order valence-corrected chi connectivity index (χ0v) is 19.6. The highest BCUT2D eigenvalue weighted by molar-refractivity contribution is 5.85. The van der Waals surface area contributed by atoms with Crippen LogP contribution in [0.5, 0.6) is 5.75 Å². The Morgan fingerprint density at radius 1 is 1.11 bits per heavy atom. The van der Waals surface area contributed by atoms with Crippen molar-refractivity contribution in [3.8, 4) is 22.9 Å². The summed E-state index contributed by atoms with van der Waals surface area (Å²) in [6.45, 7) is 6.38. The number of aliphatic hydroxyl groups is 1. The van der Waals surface area contributed by atoms with Gasteiger partial charge in [0.25, 0.3) is 0 Å². The molecule has 0 bridgehead atoms. The summed E-state index contributed by atoms with van der Waals surface area (Å²) < 4.78 is 7.36. The largest absolute Gasteiger partial charge is 0.489 e. The molecule has 5 rings (SSSR count). The molecule has 1 fully saturated rings. The second-order valence-corrected chi connectivity index (χ2v) is 8.70. The summed E-state index contributed by atoms with van der Waals surface area (Å²) in [5, 5.41) is 23.5. The molecule has 0 aliphatic carbocycles. The van der Waals surface area contributed by atoms with Crippen molar-refractivity contribution in [2.24, 2.45) is 0 Å². The standard InChI is InChI=1S/C26H27N7O2/c1-19(34)18-35-23-12-24(26-21(13-27)15-30-33(26)17-23)20-5-6-25(29-14-20)32-10-8-31(9-11-32)16-22-4-2-3-7-28-22/h2-7,12,14-15,17,19,34H,8-11,16,18H2,1H3. The number of aromatic nitrogens is 4. The first kappa shape index (κ1) is 22.8. The van der Waals surface area contributed by atoms with Gasteiger partial charge in [-0.3, -0.25) is 9.88 Å². The highest BCUT2D eigenvalue weighted by Crippen LogP contribution is 2.31. The van der Waals surface area contributed by atoms with Crippen LogP contribution in [0, 0.1) is 11.3 Å². The number of hydrogen-bond donors (Lipinski definition) is 1. The number of fused-ring (bicyclic) bond motifs is 1. The monoisotopic (exact) mass is 469 g/mol. The molecule has 5 heterocycles. The Morgan fingerprint density at radius 3 is 2.66 bits per heavy atom. The van der Waals surface area contributed by atoms with Crippen molar-refractivity contribution >= 4 is 11.3 Å². The predicted molar refractivity (Wildman–Crippen MR) is 132 cm³/mol. The minimum Gasteiger partial charge on any atom is -0.489 e. The van der Waals surface area contributed by atoms with Crippen LogP contribution < -0.4 is 9.64 Å². The summed E-state index contributed by atoms with van der Waals surface area (Å²) in [4.78, 5) is 13.9. The van der Waals surface area contributed by atoms with Crippen LogP contribution in [0.3, 0.4) is 0 Å². The highest BCUT2D eigenvalue weighted by atomic mass is 16.5. The van der Waals surface area contributed by atoms with E-state index in [0.29, 0.717) is 16.8 Å². The van der Waals surface area contributed by atoms with Crippen LogP contribution in [0.2, 0.25) is 0 Å². The molecular weight excluding hydrogens is 442 g/mol. The summed E-state index contributed by atoms with van der Waals surface area (Å²) in [6.07, 6.45) is 6.34. The molecule has 1 N–H and O–H groups in total. The topological polar surface area (TPSA) is 103 Å². The lowest BCUT2D eigenvalue weighted by Crippen LogP contribution is -2.46. The number of nitrogens with zero attached hydrogens (tertiary/aromatic N) is 7.